The second kappa shape index (κ2) is 5.79. The molecular weight excluding hydrogens is 268 g/mol. The molecule has 0 N–H and O–H groups in total. The number of methoxy groups -OCH3 is 1. The minimum Gasteiger partial charge on any atom is -0.497 e. The van der Waals surface area contributed by atoms with Gasteiger partial charge in [0.2, 0.25) is 0 Å². The lowest BCUT2D eigenvalue weighted by Crippen LogP contribution is -1.98. The molecule has 0 atom stereocenters. The second-order valence-corrected chi connectivity index (χ2v) is 6.73. The average molecular weight is 292 g/mol. The van der Waals surface area contributed by atoms with Gasteiger partial charge in [-0.05, 0) is 72.1 Å². The van der Waals surface area contributed by atoms with Gasteiger partial charge < -0.3 is 4.74 Å². The number of allylic oxidation sites excluding steroid dienone is 2. The van der Waals surface area contributed by atoms with E-state index in [9.17, 15) is 0 Å². The Labute approximate surface area is 133 Å². The monoisotopic (exact) mass is 292 g/mol. The standard InChI is InChI=1S/C21H24O/c1-22-17-12-13-19-16(14-17)8-4-10-21(19)20-11-5-9-18(20)15-6-2-3-7-15/h4,8,10,12-15H,2-3,5-7,9,11H2,1H3. The van der Waals surface area contributed by atoms with E-state index in [1.54, 1.807) is 18.3 Å². The highest BCUT2D eigenvalue weighted by Gasteiger charge is 2.26. The van der Waals surface area contributed by atoms with Crippen molar-refractivity contribution in [2.45, 2.75) is 44.9 Å². The van der Waals surface area contributed by atoms with E-state index in [1.807, 2.05) is 0 Å². The molecule has 0 radical (unpaired) electrons. The summed E-state index contributed by atoms with van der Waals surface area (Å²) in [6, 6.07) is 13.2. The summed E-state index contributed by atoms with van der Waals surface area (Å²) in [5.74, 6) is 1.81. The molecule has 2 aliphatic rings. The molecule has 0 unspecified atom stereocenters. The lowest BCUT2D eigenvalue weighted by atomic mass is 9.89. The zero-order valence-corrected chi connectivity index (χ0v) is 13.4. The molecule has 1 heteroatoms. The third-order valence-corrected chi connectivity index (χ3v) is 5.52. The van der Waals surface area contributed by atoms with Crippen LogP contribution in [0.5, 0.6) is 5.75 Å². The summed E-state index contributed by atoms with van der Waals surface area (Å²) >= 11 is 0. The number of hydrogen-bond donors (Lipinski definition) is 0. The van der Waals surface area contributed by atoms with Crippen molar-refractivity contribution in [1.29, 1.82) is 0 Å². The minimum atomic E-state index is 0.867. The Kier molecular flexibility index (Phi) is 3.65. The van der Waals surface area contributed by atoms with Crippen molar-refractivity contribution >= 4 is 16.3 Å². The molecule has 114 valence electrons. The van der Waals surface area contributed by atoms with E-state index in [0.717, 1.165) is 11.7 Å². The maximum atomic E-state index is 5.38. The number of hydrogen-bond acceptors (Lipinski definition) is 1. The molecule has 2 aromatic rings. The highest BCUT2D eigenvalue weighted by molar-refractivity contribution is 5.95. The molecule has 0 saturated heterocycles. The zero-order chi connectivity index (χ0) is 14.9. The van der Waals surface area contributed by atoms with Crippen LogP contribution in [0.1, 0.15) is 50.5 Å². The molecule has 0 aliphatic heterocycles. The van der Waals surface area contributed by atoms with Gasteiger partial charge in [0.15, 0.2) is 0 Å². The van der Waals surface area contributed by atoms with Crippen LogP contribution in [0.3, 0.4) is 0 Å². The van der Waals surface area contributed by atoms with Crippen molar-refractivity contribution in [2.24, 2.45) is 5.92 Å². The second-order valence-electron chi connectivity index (χ2n) is 6.73. The first kappa shape index (κ1) is 13.9. The molecule has 4 rings (SSSR count). The van der Waals surface area contributed by atoms with E-state index in [-0.39, 0.29) is 0 Å². The molecule has 0 bridgehead atoms. The van der Waals surface area contributed by atoms with Crippen LogP contribution >= 0.6 is 0 Å². The van der Waals surface area contributed by atoms with Crippen molar-refractivity contribution in [2.75, 3.05) is 7.11 Å². The van der Waals surface area contributed by atoms with Gasteiger partial charge in [-0.2, -0.15) is 0 Å². The fourth-order valence-corrected chi connectivity index (χ4v) is 4.45. The van der Waals surface area contributed by atoms with E-state index in [2.05, 4.69) is 36.4 Å². The summed E-state index contributed by atoms with van der Waals surface area (Å²) in [6.45, 7) is 0. The molecule has 0 spiro atoms. The smallest absolute Gasteiger partial charge is 0.119 e. The van der Waals surface area contributed by atoms with Crippen LogP contribution in [0.15, 0.2) is 42.0 Å². The first-order valence-electron chi connectivity index (χ1n) is 8.66. The lowest BCUT2D eigenvalue weighted by molar-refractivity contribution is 0.415. The maximum Gasteiger partial charge on any atom is 0.119 e. The zero-order valence-electron chi connectivity index (χ0n) is 13.4. The maximum absolute atomic E-state index is 5.38. The molecule has 2 aliphatic carbocycles. The van der Waals surface area contributed by atoms with E-state index in [1.165, 1.54) is 61.3 Å². The average Bonchev–Trinajstić information content (AvgIpc) is 3.24. The van der Waals surface area contributed by atoms with Crippen LogP contribution in [0.2, 0.25) is 0 Å². The Morgan fingerprint density at radius 1 is 0.955 bits per heavy atom. The number of ether oxygens (including phenoxy) is 1. The van der Waals surface area contributed by atoms with E-state index in [4.69, 9.17) is 4.74 Å². The Balaban J connectivity index is 1.84. The Hall–Kier alpha value is -1.76. The summed E-state index contributed by atoms with van der Waals surface area (Å²) in [5, 5.41) is 2.68. The van der Waals surface area contributed by atoms with Crippen LogP contribution in [0.4, 0.5) is 0 Å². The summed E-state index contributed by atoms with van der Waals surface area (Å²) in [6.07, 6.45) is 9.61. The van der Waals surface area contributed by atoms with Gasteiger partial charge >= 0.3 is 0 Å². The molecule has 22 heavy (non-hydrogen) atoms. The fourth-order valence-electron chi connectivity index (χ4n) is 4.45. The molecule has 1 saturated carbocycles. The number of rotatable bonds is 3. The fraction of sp³-hybridized carbons (Fsp3) is 0.429. The summed E-state index contributed by atoms with van der Waals surface area (Å²) in [4.78, 5) is 0. The summed E-state index contributed by atoms with van der Waals surface area (Å²) in [7, 11) is 1.74. The predicted octanol–water partition coefficient (Wildman–Crippen LogP) is 5.98. The van der Waals surface area contributed by atoms with Gasteiger partial charge in [-0.3, -0.25) is 0 Å². The van der Waals surface area contributed by atoms with Crippen molar-refractivity contribution in [3.05, 3.63) is 47.5 Å². The van der Waals surface area contributed by atoms with Crippen LogP contribution < -0.4 is 4.74 Å². The molecule has 0 amide bonds. The van der Waals surface area contributed by atoms with Gasteiger partial charge in [0, 0.05) is 0 Å². The van der Waals surface area contributed by atoms with Crippen LogP contribution in [-0.4, -0.2) is 7.11 Å². The van der Waals surface area contributed by atoms with E-state index >= 15 is 0 Å². The quantitative estimate of drug-likeness (QED) is 0.676. The molecular formula is C21H24O. The topological polar surface area (TPSA) is 9.23 Å². The Morgan fingerprint density at radius 3 is 2.64 bits per heavy atom. The minimum absolute atomic E-state index is 0.867. The SMILES string of the molecule is COc1ccc2c(C3=C(C4CCCC4)CCC3)cccc2c1. The van der Waals surface area contributed by atoms with Crippen molar-refractivity contribution < 1.29 is 4.74 Å². The molecule has 2 aromatic carbocycles. The highest BCUT2D eigenvalue weighted by atomic mass is 16.5. The van der Waals surface area contributed by atoms with Crippen LogP contribution in [-0.2, 0) is 0 Å². The highest BCUT2D eigenvalue weighted by Crippen LogP contribution is 2.45. The third-order valence-electron chi connectivity index (χ3n) is 5.52. The molecule has 1 fully saturated rings. The Morgan fingerprint density at radius 2 is 1.82 bits per heavy atom. The van der Waals surface area contributed by atoms with Gasteiger partial charge in [-0.1, -0.05) is 42.7 Å². The van der Waals surface area contributed by atoms with Crippen molar-refractivity contribution in [3.8, 4) is 5.75 Å². The number of benzene rings is 2. The van der Waals surface area contributed by atoms with E-state index < -0.39 is 0 Å². The summed E-state index contributed by atoms with van der Waals surface area (Å²) in [5.41, 5.74) is 4.91. The van der Waals surface area contributed by atoms with Crippen molar-refractivity contribution in [3.63, 3.8) is 0 Å². The first-order valence-corrected chi connectivity index (χ1v) is 8.66. The predicted molar refractivity (Wildman–Crippen MR) is 93.2 cm³/mol. The van der Waals surface area contributed by atoms with Gasteiger partial charge in [-0.15, -0.1) is 0 Å². The summed E-state index contributed by atoms with van der Waals surface area (Å²) < 4.78 is 5.38. The van der Waals surface area contributed by atoms with Crippen LogP contribution in [0, 0.1) is 5.92 Å². The third kappa shape index (κ3) is 2.33. The molecule has 0 aromatic heterocycles. The lowest BCUT2D eigenvalue weighted by Gasteiger charge is -2.16. The number of fused-ring (bicyclic) bond motifs is 1. The van der Waals surface area contributed by atoms with Gasteiger partial charge in [0.1, 0.15) is 5.75 Å². The Bertz CT molecular complexity index is 720. The van der Waals surface area contributed by atoms with Gasteiger partial charge in [-0.25, -0.2) is 0 Å². The molecule has 1 nitrogen and oxygen atoms in total. The van der Waals surface area contributed by atoms with Gasteiger partial charge in [0.25, 0.3) is 0 Å². The van der Waals surface area contributed by atoms with Crippen LogP contribution in [0.25, 0.3) is 16.3 Å². The first-order chi connectivity index (χ1) is 10.9. The van der Waals surface area contributed by atoms with Crippen molar-refractivity contribution in [1.82, 2.24) is 0 Å². The van der Waals surface area contributed by atoms with E-state index in [0.29, 0.717) is 0 Å². The normalized spacial score (nSPS) is 19.3. The van der Waals surface area contributed by atoms with Gasteiger partial charge in [0.05, 0.1) is 7.11 Å². The molecule has 0 heterocycles. The largest absolute Gasteiger partial charge is 0.497 e.